The van der Waals surface area contributed by atoms with Gasteiger partial charge in [0.25, 0.3) is 0 Å². The second-order valence-corrected chi connectivity index (χ2v) is 17.4. The minimum absolute atomic E-state index is 0.197. The summed E-state index contributed by atoms with van der Waals surface area (Å²) in [5.74, 6) is 9.49. The van der Waals surface area contributed by atoms with Crippen LogP contribution in [0.25, 0.3) is 0 Å². The van der Waals surface area contributed by atoms with Gasteiger partial charge in [0.2, 0.25) is 5.91 Å². The van der Waals surface area contributed by atoms with Crippen LogP contribution in [0.3, 0.4) is 0 Å². The molecule has 4 saturated carbocycles. The van der Waals surface area contributed by atoms with Crippen LogP contribution in [0.2, 0.25) is 0 Å². The number of amides is 1. The normalized spacial score (nSPS) is 44.4. The predicted molar refractivity (Wildman–Crippen MR) is 174 cm³/mol. The molecule has 5 heteroatoms. The summed E-state index contributed by atoms with van der Waals surface area (Å²) in [5, 5.41) is 3.23. The summed E-state index contributed by atoms with van der Waals surface area (Å²) >= 11 is 0. The van der Waals surface area contributed by atoms with Gasteiger partial charge in [-0.25, -0.2) is 0 Å². The van der Waals surface area contributed by atoms with Gasteiger partial charge in [0.1, 0.15) is 5.78 Å². The van der Waals surface area contributed by atoms with Gasteiger partial charge in [-0.05, 0) is 105 Å². The second kappa shape index (κ2) is 11.0. The molecule has 0 radical (unpaired) electrons. The smallest absolute Gasteiger partial charge is 0.226 e. The summed E-state index contributed by atoms with van der Waals surface area (Å²) < 4.78 is 0. The Labute approximate surface area is 262 Å². The molecule has 1 saturated heterocycles. The first-order valence-electron chi connectivity index (χ1n) is 17.6. The van der Waals surface area contributed by atoms with Gasteiger partial charge >= 0.3 is 0 Å². The minimum Gasteiger partial charge on any atom is -0.345 e. The van der Waals surface area contributed by atoms with E-state index in [0.717, 1.165) is 71.2 Å². The van der Waals surface area contributed by atoms with E-state index in [1.54, 1.807) is 5.57 Å². The summed E-state index contributed by atoms with van der Waals surface area (Å²) in [6.07, 6.45) is 13.7. The van der Waals surface area contributed by atoms with Crippen molar-refractivity contribution >= 4 is 11.7 Å². The lowest BCUT2D eigenvalue weighted by molar-refractivity contribution is -0.169. The SMILES string of the molecule is CN1CCN(CC#CCNC(=O)[C@]2(C)CC[C@]3(C)CC[C@@H]4C(=CC[C@H]5[C@@]4(C)CC[C@H]4C(C)(C)C(=O)CC[C@]54C)[C@@H]3C2)CC1. The molecule has 1 aliphatic heterocycles. The Morgan fingerprint density at radius 2 is 1.63 bits per heavy atom. The van der Waals surface area contributed by atoms with Gasteiger partial charge in [0.15, 0.2) is 0 Å². The zero-order valence-electron chi connectivity index (χ0n) is 28.4. The van der Waals surface area contributed by atoms with E-state index >= 15 is 0 Å². The summed E-state index contributed by atoms with van der Waals surface area (Å²) in [6, 6.07) is 0. The van der Waals surface area contributed by atoms with Crippen LogP contribution in [0.15, 0.2) is 11.6 Å². The zero-order valence-corrected chi connectivity index (χ0v) is 28.4. The molecule has 0 aromatic carbocycles. The molecule has 0 unspecified atom stereocenters. The molecular weight excluding hydrogens is 530 g/mol. The van der Waals surface area contributed by atoms with Crippen LogP contribution in [0.1, 0.15) is 106 Å². The minimum atomic E-state index is -0.332. The van der Waals surface area contributed by atoms with Gasteiger partial charge < -0.3 is 10.2 Å². The molecule has 5 aliphatic carbocycles. The average molecular weight is 590 g/mol. The molecule has 8 atom stereocenters. The fourth-order valence-corrected chi connectivity index (χ4v) is 11.6. The van der Waals surface area contributed by atoms with E-state index in [1.807, 2.05) is 0 Å². The highest BCUT2D eigenvalue weighted by Crippen LogP contribution is 2.71. The van der Waals surface area contributed by atoms with Gasteiger partial charge in [-0.2, -0.15) is 0 Å². The van der Waals surface area contributed by atoms with Crippen LogP contribution in [0, 0.1) is 62.6 Å². The van der Waals surface area contributed by atoms with E-state index in [-0.39, 0.29) is 22.2 Å². The Hall–Kier alpha value is -1.64. The van der Waals surface area contributed by atoms with Crippen molar-refractivity contribution in [2.24, 2.45) is 50.7 Å². The molecule has 1 heterocycles. The van der Waals surface area contributed by atoms with Gasteiger partial charge in [-0.3, -0.25) is 14.5 Å². The zero-order chi connectivity index (χ0) is 30.8. The van der Waals surface area contributed by atoms with Gasteiger partial charge in [0.05, 0.1) is 13.1 Å². The number of carbonyl (C=O) groups is 2. The summed E-state index contributed by atoms with van der Waals surface area (Å²) in [7, 11) is 2.18. The maximum atomic E-state index is 13.7. The molecular formula is C38H59N3O2. The lowest BCUT2D eigenvalue weighted by Crippen LogP contribution is -2.61. The van der Waals surface area contributed by atoms with Crippen molar-refractivity contribution in [1.82, 2.24) is 15.1 Å². The van der Waals surface area contributed by atoms with Crippen molar-refractivity contribution in [2.45, 2.75) is 106 Å². The highest BCUT2D eigenvalue weighted by molar-refractivity contribution is 5.85. The fourth-order valence-electron chi connectivity index (χ4n) is 11.6. The van der Waals surface area contributed by atoms with Crippen LogP contribution < -0.4 is 5.32 Å². The van der Waals surface area contributed by atoms with Gasteiger partial charge in [0, 0.05) is 43.4 Å². The van der Waals surface area contributed by atoms with Crippen molar-refractivity contribution in [3.8, 4) is 11.8 Å². The molecule has 238 valence electrons. The van der Waals surface area contributed by atoms with Gasteiger partial charge in [-0.15, -0.1) is 0 Å². The lowest BCUT2D eigenvalue weighted by Gasteiger charge is -2.67. The number of carbonyl (C=O) groups excluding carboxylic acids is 2. The highest BCUT2D eigenvalue weighted by Gasteiger charge is 2.64. The molecule has 1 amide bonds. The molecule has 6 rings (SSSR count). The molecule has 1 N–H and O–H groups in total. The Morgan fingerprint density at radius 1 is 0.884 bits per heavy atom. The standard InChI is InChI=1S/C38H59N3O2/c1-34(2)30-13-16-37(5)28-12-15-35(3)18-19-36(4,33(43)39-20-8-9-21-41-24-22-40(7)23-25-41)26-29(35)27(28)10-11-31(37)38(30,6)17-14-32(34)42/h10,28-31H,11-26H2,1-7H3,(H,39,43)/t28-,29+,30+,31+,35+,36-,37+,38+/m1/s1. The molecule has 5 fully saturated rings. The Morgan fingerprint density at radius 3 is 2.37 bits per heavy atom. The van der Waals surface area contributed by atoms with Crippen LogP contribution in [-0.4, -0.2) is 67.8 Å². The summed E-state index contributed by atoms with van der Waals surface area (Å²) in [6.45, 7) is 20.0. The molecule has 43 heavy (non-hydrogen) atoms. The van der Waals surface area contributed by atoms with Gasteiger partial charge in [-0.1, -0.05) is 65.0 Å². The van der Waals surface area contributed by atoms with E-state index in [1.165, 1.54) is 25.7 Å². The third-order valence-corrected chi connectivity index (χ3v) is 14.7. The number of nitrogens with zero attached hydrogens (tertiary/aromatic N) is 2. The van der Waals surface area contributed by atoms with Crippen LogP contribution in [0.4, 0.5) is 0 Å². The third-order valence-electron chi connectivity index (χ3n) is 14.7. The topological polar surface area (TPSA) is 52.6 Å². The summed E-state index contributed by atoms with van der Waals surface area (Å²) in [5.41, 5.74) is 2.00. The second-order valence-electron chi connectivity index (χ2n) is 17.4. The first-order chi connectivity index (χ1) is 20.2. The number of allylic oxidation sites excluding steroid dienone is 2. The predicted octanol–water partition coefficient (Wildman–Crippen LogP) is 6.33. The number of ketones is 1. The average Bonchev–Trinajstić information content (AvgIpc) is 2.96. The van der Waals surface area contributed by atoms with Crippen molar-refractivity contribution in [1.29, 1.82) is 0 Å². The van der Waals surface area contributed by atoms with E-state index in [9.17, 15) is 9.59 Å². The Bertz CT molecular complexity index is 1220. The maximum absolute atomic E-state index is 13.7. The van der Waals surface area contributed by atoms with E-state index in [4.69, 9.17) is 0 Å². The van der Waals surface area contributed by atoms with E-state index < -0.39 is 0 Å². The quantitative estimate of drug-likeness (QED) is 0.309. The number of piperazine rings is 1. The fraction of sp³-hybridized carbons (Fsp3) is 0.842. The first kappa shape index (κ1) is 31.3. The number of rotatable bonds is 3. The van der Waals surface area contributed by atoms with Crippen LogP contribution in [-0.2, 0) is 9.59 Å². The molecule has 0 aromatic heterocycles. The number of likely N-dealkylation sites (N-methyl/N-ethyl adjacent to an activating group) is 1. The van der Waals surface area contributed by atoms with Crippen molar-refractivity contribution < 1.29 is 9.59 Å². The van der Waals surface area contributed by atoms with Crippen molar-refractivity contribution in [2.75, 3.05) is 46.3 Å². The Kier molecular flexibility index (Phi) is 8.03. The largest absolute Gasteiger partial charge is 0.345 e. The highest BCUT2D eigenvalue weighted by atomic mass is 16.2. The maximum Gasteiger partial charge on any atom is 0.226 e. The van der Waals surface area contributed by atoms with Crippen LogP contribution >= 0.6 is 0 Å². The molecule has 6 aliphatic rings. The number of hydrogen-bond acceptors (Lipinski definition) is 4. The van der Waals surface area contributed by atoms with Crippen molar-refractivity contribution in [3.63, 3.8) is 0 Å². The summed E-state index contributed by atoms with van der Waals surface area (Å²) in [4.78, 5) is 31.5. The lowest BCUT2D eigenvalue weighted by atomic mass is 9.37. The Balaban J connectivity index is 1.16. The van der Waals surface area contributed by atoms with Crippen molar-refractivity contribution in [3.05, 3.63) is 11.6 Å². The van der Waals surface area contributed by atoms with E-state index in [2.05, 4.69) is 81.6 Å². The number of nitrogens with one attached hydrogen (secondary N) is 1. The van der Waals surface area contributed by atoms with Crippen LogP contribution in [0.5, 0.6) is 0 Å². The monoisotopic (exact) mass is 589 g/mol. The number of Topliss-reactive ketones (excluding diaryl/α,β-unsaturated/α-hetero) is 1. The number of hydrogen-bond donors (Lipinski definition) is 1. The third kappa shape index (κ3) is 5.15. The molecule has 0 spiro atoms. The molecule has 0 aromatic rings. The number of fused-ring (bicyclic) bond motifs is 7. The molecule has 0 bridgehead atoms. The molecule has 5 nitrogen and oxygen atoms in total. The first-order valence-corrected chi connectivity index (χ1v) is 17.6. The van der Waals surface area contributed by atoms with E-state index in [0.29, 0.717) is 46.8 Å².